The fraction of sp³-hybridized carbons (Fsp3) is 0.500. The molecule has 1 aliphatic heterocycles. The molecule has 0 radical (unpaired) electrons. The summed E-state index contributed by atoms with van der Waals surface area (Å²) in [6.07, 6.45) is 1.56. The molecule has 1 atom stereocenters. The number of rotatable bonds is 1. The zero-order chi connectivity index (χ0) is 9.19. The molecule has 0 saturated heterocycles. The van der Waals surface area contributed by atoms with Gasteiger partial charge < -0.3 is 10.1 Å². The largest absolute Gasteiger partial charge is 0.474 e. The quantitative estimate of drug-likeness (QED) is 0.604. The van der Waals surface area contributed by atoms with Crippen LogP contribution in [-0.4, -0.2) is 32.5 Å². The molecule has 0 aromatic heterocycles. The maximum atomic E-state index is 10.9. The Morgan fingerprint density at radius 3 is 2.83 bits per heavy atom. The van der Waals surface area contributed by atoms with Gasteiger partial charge in [0.05, 0.1) is 18.9 Å². The average Bonchev–Trinajstić information content (AvgIpc) is 2.30. The summed E-state index contributed by atoms with van der Waals surface area (Å²) in [4.78, 5) is 0. The van der Waals surface area contributed by atoms with Gasteiger partial charge in [-0.15, -0.1) is 0 Å². The van der Waals surface area contributed by atoms with Crippen LogP contribution in [0.2, 0.25) is 0 Å². The van der Waals surface area contributed by atoms with Gasteiger partial charge in [-0.2, -0.15) is 0 Å². The first-order chi connectivity index (χ1) is 5.53. The predicted molar refractivity (Wildman–Crippen MR) is 49.5 cm³/mol. The summed E-state index contributed by atoms with van der Waals surface area (Å²) in [6.45, 7) is 0. The molecular formula is C6H9NO3S2. The van der Waals surface area contributed by atoms with Gasteiger partial charge in [0.15, 0.2) is 9.84 Å². The molecule has 0 bridgehead atoms. The second-order valence-corrected chi connectivity index (χ2v) is 4.70. The first-order valence-corrected chi connectivity index (χ1v) is 5.41. The van der Waals surface area contributed by atoms with Crippen molar-refractivity contribution in [2.24, 2.45) is 0 Å². The molecule has 4 nitrogen and oxygen atoms in total. The molecule has 0 aliphatic carbocycles. The van der Waals surface area contributed by atoms with E-state index in [9.17, 15) is 8.42 Å². The Bertz CT molecular complexity index is 307. The predicted octanol–water partition coefficient (Wildman–Crippen LogP) is -0.182. The van der Waals surface area contributed by atoms with E-state index in [1.165, 1.54) is 12.5 Å². The van der Waals surface area contributed by atoms with Gasteiger partial charge in [0, 0.05) is 5.41 Å². The van der Waals surface area contributed by atoms with Crippen molar-refractivity contribution in [2.75, 3.05) is 12.9 Å². The molecule has 6 heteroatoms. The highest BCUT2D eigenvalue weighted by Gasteiger charge is 2.21. The number of ether oxygens (including phenoxy) is 1. The lowest BCUT2D eigenvalue weighted by molar-refractivity contribution is 0.390. The van der Waals surface area contributed by atoms with Gasteiger partial charge in [0.2, 0.25) is 0 Å². The van der Waals surface area contributed by atoms with Gasteiger partial charge >= 0.3 is 0 Å². The molecule has 12 heavy (non-hydrogen) atoms. The van der Waals surface area contributed by atoms with E-state index in [0.717, 1.165) is 0 Å². The zero-order valence-electron chi connectivity index (χ0n) is 6.48. The fourth-order valence-electron chi connectivity index (χ4n) is 0.876. The number of sulfone groups is 1. The van der Waals surface area contributed by atoms with Crippen LogP contribution in [0.1, 0.15) is 0 Å². The van der Waals surface area contributed by atoms with Crippen molar-refractivity contribution in [3.8, 4) is 0 Å². The van der Waals surface area contributed by atoms with E-state index in [2.05, 4.69) is 10.1 Å². The Hall–Kier alpha value is -0.620. The lowest BCUT2D eigenvalue weighted by Gasteiger charge is -2.09. The van der Waals surface area contributed by atoms with Crippen LogP contribution in [0.15, 0.2) is 11.5 Å². The van der Waals surface area contributed by atoms with E-state index in [-0.39, 0.29) is 17.0 Å². The van der Waals surface area contributed by atoms with Gasteiger partial charge in [-0.05, 0) is 18.3 Å². The molecule has 0 amide bonds. The second-order valence-electron chi connectivity index (χ2n) is 2.40. The van der Waals surface area contributed by atoms with Crippen LogP contribution in [0.5, 0.6) is 0 Å². The first kappa shape index (κ1) is 9.47. The Morgan fingerprint density at radius 2 is 2.42 bits per heavy atom. The minimum absolute atomic E-state index is 0.0521. The van der Waals surface area contributed by atoms with Crippen LogP contribution in [-0.2, 0) is 14.6 Å². The third kappa shape index (κ3) is 2.46. The molecule has 0 aromatic carbocycles. The molecule has 1 N–H and O–H groups in total. The molecule has 1 heterocycles. The van der Waals surface area contributed by atoms with Gasteiger partial charge in [-0.3, -0.25) is 0 Å². The lowest BCUT2D eigenvalue weighted by atomic mass is 10.3. The molecule has 0 fully saturated rings. The Kier molecular flexibility index (Phi) is 2.69. The highest BCUT2D eigenvalue weighted by atomic mass is 32.2. The lowest BCUT2D eigenvalue weighted by Crippen LogP contribution is -2.35. The Labute approximate surface area is 76.5 Å². The smallest absolute Gasteiger partial charge is 0.256 e. The Morgan fingerprint density at radius 1 is 1.75 bits per heavy atom. The highest BCUT2D eigenvalue weighted by Crippen LogP contribution is 2.07. The number of hydrogen-bond acceptors (Lipinski definition) is 4. The standard InChI is InChI=1S/C6H9NO3S2/c1-10-6(11)7-5-2-3-12(8,9)4-5/h2-3,5H,4H2,1H3,(H,7,11)/t5-/m1/s1. The van der Waals surface area contributed by atoms with Crippen LogP contribution in [0.4, 0.5) is 0 Å². The van der Waals surface area contributed by atoms with E-state index >= 15 is 0 Å². The van der Waals surface area contributed by atoms with Gasteiger partial charge in [0.1, 0.15) is 0 Å². The van der Waals surface area contributed by atoms with Crippen molar-refractivity contribution in [3.63, 3.8) is 0 Å². The number of nitrogens with one attached hydrogen (secondary N) is 1. The number of thiocarbonyl (C=S) groups is 1. The van der Waals surface area contributed by atoms with E-state index in [1.807, 2.05) is 0 Å². The average molecular weight is 207 g/mol. The maximum Gasteiger partial charge on any atom is 0.256 e. The first-order valence-electron chi connectivity index (χ1n) is 3.29. The van der Waals surface area contributed by atoms with Crippen LogP contribution in [0, 0.1) is 0 Å². The summed E-state index contributed by atoms with van der Waals surface area (Å²) in [5.41, 5.74) is 0. The maximum absolute atomic E-state index is 10.9. The summed E-state index contributed by atoms with van der Waals surface area (Å²) >= 11 is 4.70. The topological polar surface area (TPSA) is 55.4 Å². The summed E-state index contributed by atoms with van der Waals surface area (Å²) in [5, 5.41) is 4.12. The van der Waals surface area contributed by atoms with E-state index in [4.69, 9.17) is 12.2 Å². The molecule has 0 unspecified atom stereocenters. The third-order valence-electron chi connectivity index (χ3n) is 1.42. The van der Waals surface area contributed by atoms with Crippen LogP contribution in [0.3, 0.4) is 0 Å². The molecule has 68 valence electrons. The molecule has 1 rings (SSSR count). The SMILES string of the molecule is COC(=S)N[C@@H]1C=CS(=O)(=O)C1. The summed E-state index contributed by atoms with van der Waals surface area (Å²) in [5.74, 6) is 0.0521. The van der Waals surface area contributed by atoms with Crippen molar-refractivity contribution in [2.45, 2.75) is 6.04 Å². The third-order valence-corrected chi connectivity index (χ3v) is 3.10. The zero-order valence-corrected chi connectivity index (χ0v) is 8.11. The van der Waals surface area contributed by atoms with Crippen LogP contribution < -0.4 is 5.32 Å². The molecule has 1 aliphatic rings. The minimum atomic E-state index is -3.01. The normalized spacial score (nSPS) is 25.2. The molecule has 0 saturated carbocycles. The second kappa shape index (κ2) is 3.40. The fourth-order valence-corrected chi connectivity index (χ4v) is 2.26. The van der Waals surface area contributed by atoms with Crippen molar-refractivity contribution in [3.05, 3.63) is 11.5 Å². The molecule has 0 spiro atoms. The van der Waals surface area contributed by atoms with Crippen molar-refractivity contribution < 1.29 is 13.2 Å². The highest BCUT2D eigenvalue weighted by molar-refractivity contribution is 7.94. The van der Waals surface area contributed by atoms with Crippen molar-refractivity contribution >= 4 is 27.2 Å². The van der Waals surface area contributed by atoms with Crippen molar-refractivity contribution in [1.82, 2.24) is 5.32 Å². The van der Waals surface area contributed by atoms with Crippen molar-refractivity contribution in [1.29, 1.82) is 0 Å². The molecular weight excluding hydrogens is 198 g/mol. The monoisotopic (exact) mass is 207 g/mol. The van der Waals surface area contributed by atoms with E-state index in [1.54, 1.807) is 6.08 Å². The van der Waals surface area contributed by atoms with Gasteiger partial charge in [-0.25, -0.2) is 8.42 Å². The summed E-state index contributed by atoms with van der Waals surface area (Å²) in [6, 6.07) is -0.248. The van der Waals surface area contributed by atoms with Gasteiger partial charge in [0.25, 0.3) is 5.17 Å². The van der Waals surface area contributed by atoms with Crippen LogP contribution in [0.25, 0.3) is 0 Å². The van der Waals surface area contributed by atoms with E-state index in [0.29, 0.717) is 0 Å². The van der Waals surface area contributed by atoms with Crippen LogP contribution >= 0.6 is 12.2 Å². The number of hydrogen-bond donors (Lipinski definition) is 1. The summed E-state index contributed by atoms with van der Waals surface area (Å²) in [7, 11) is -1.57. The van der Waals surface area contributed by atoms with E-state index < -0.39 is 9.84 Å². The minimum Gasteiger partial charge on any atom is -0.474 e. The Balaban J connectivity index is 2.51. The molecule has 0 aromatic rings. The van der Waals surface area contributed by atoms with Gasteiger partial charge in [-0.1, -0.05) is 0 Å². The summed E-state index contributed by atoms with van der Waals surface area (Å²) < 4.78 is 26.5. The number of methoxy groups -OCH3 is 1.